The van der Waals surface area contributed by atoms with Crippen LogP contribution in [-0.2, 0) is 0 Å². The van der Waals surface area contributed by atoms with E-state index in [1.165, 1.54) is 0 Å². The molecule has 1 heteroatoms. The molecular weight excluding hydrogens is 170 g/mol. The molecule has 76 valence electrons. The van der Waals surface area contributed by atoms with Crippen molar-refractivity contribution in [3.8, 4) is 0 Å². The van der Waals surface area contributed by atoms with Gasteiger partial charge >= 0.3 is 0 Å². The normalized spacial score (nSPS) is 19.7. The maximum Gasteiger partial charge on any atom is 0.0643 e. The van der Waals surface area contributed by atoms with Crippen molar-refractivity contribution in [2.24, 2.45) is 11.8 Å². The zero-order chi connectivity index (χ0) is 10.7. The molecule has 0 spiro atoms. The minimum absolute atomic E-state index is 0.433. The van der Waals surface area contributed by atoms with E-state index in [1.807, 2.05) is 18.2 Å². The van der Waals surface area contributed by atoms with Crippen LogP contribution in [0.5, 0.6) is 0 Å². The van der Waals surface area contributed by atoms with Gasteiger partial charge in [0.2, 0.25) is 0 Å². The van der Waals surface area contributed by atoms with E-state index >= 15 is 0 Å². The first-order chi connectivity index (χ1) is 6.52. The van der Waals surface area contributed by atoms with Crippen LogP contribution in [0.25, 0.3) is 0 Å². The summed E-state index contributed by atoms with van der Waals surface area (Å²) in [6, 6.07) is 0. The number of rotatable bonds is 2. The maximum absolute atomic E-state index is 8.04. The van der Waals surface area contributed by atoms with Gasteiger partial charge in [0.25, 0.3) is 0 Å². The van der Waals surface area contributed by atoms with E-state index in [-0.39, 0.29) is 0 Å². The van der Waals surface area contributed by atoms with E-state index in [0.717, 1.165) is 11.1 Å². The fourth-order valence-electron chi connectivity index (χ4n) is 1.57. The fourth-order valence-corrected chi connectivity index (χ4v) is 1.57. The average Bonchev–Trinajstić information content (AvgIpc) is 2.07. The Bertz CT molecular complexity index is 314. The van der Waals surface area contributed by atoms with E-state index in [9.17, 15) is 0 Å². The van der Waals surface area contributed by atoms with Gasteiger partial charge < -0.3 is 0 Å². The van der Waals surface area contributed by atoms with Crippen molar-refractivity contribution in [2.45, 2.75) is 27.7 Å². The van der Waals surface area contributed by atoms with Crippen LogP contribution < -0.4 is 0 Å². The van der Waals surface area contributed by atoms with Gasteiger partial charge in [-0.2, -0.15) is 0 Å². The van der Waals surface area contributed by atoms with Crippen LogP contribution in [-0.4, -0.2) is 5.71 Å². The van der Waals surface area contributed by atoms with Crippen molar-refractivity contribution in [1.29, 1.82) is 5.41 Å². The van der Waals surface area contributed by atoms with Gasteiger partial charge in [0.05, 0.1) is 5.71 Å². The predicted molar refractivity (Wildman–Crippen MR) is 62.7 cm³/mol. The molecule has 0 saturated heterocycles. The molecule has 14 heavy (non-hydrogen) atoms. The highest BCUT2D eigenvalue weighted by atomic mass is 14.4. The van der Waals surface area contributed by atoms with Crippen molar-refractivity contribution < 1.29 is 0 Å². The van der Waals surface area contributed by atoms with Crippen LogP contribution in [0.3, 0.4) is 0 Å². The summed E-state index contributed by atoms with van der Waals surface area (Å²) in [6.07, 6.45) is 8.26. The highest BCUT2D eigenvalue weighted by molar-refractivity contribution is 6.13. The smallest absolute Gasteiger partial charge is 0.0643 e. The molecule has 0 aliphatic heterocycles. The Hall–Kier alpha value is -1.11. The Balaban J connectivity index is 2.95. The molecule has 0 aromatic carbocycles. The van der Waals surface area contributed by atoms with Gasteiger partial charge in [-0.05, 0) is 23.0 Å². The molecule has 0 radical (unpaired) electrons. The lowest BCUT2D eigenvalue weighted by molar-refractivity contribution is 0.797. The van der Waals surface area contributed by atoms with Crippen molar-refractivity contribution in [3.63, 3.8) is 0 Å². The molecular formula is C13H19N. The summed E-state index contributed by atoms with van der Waals surface area (Å²) >= 11 is 0. The summed E-state index contributed by atoms with van der Waals surface area (Å²) in [6.45, 7) is 8.54. The second kappa shape index (κ2) is 4.41. The summed E-state index contributed by atoms with van der Waals surface area (Å²) in [5, 5.41) is 8.04. The third kappa shape index (κ3) is 2.44. The van der Waals surface area contributed by atoms with Crippen molar-refractivity contribution in [3.05, 3.63) is 35.5 Å². The topological polar surface area (TPSA) is 23.9 Å². The Labute approximate surface area is 86.7 Å². The molecule has 0 heterocycles. The third-order valence-corrected chi connectivity index (χ3v) is 2.26. The molecule has 1 N–H and O–H groups in total. The number of hydrogen-bond acceptors (Lipinski definition) is 1. The maximum atomic E-state index is 8.04. The Morgan fingerprint density at radius 1 is 1.21 bits per heavy atom. The summed E-state index contributed by atoms with van der Waals surface area (Å²) in [5.74, 6) is 0.935. The molecule has 0 aromatic heterocycles. The molecule has 0 unspecified atom stereocenters. The van der Waals surface area contributed by atoms with Gasteiger partial charge in [0.1, 0.15) is 0 Å². The van der Waals surface area contributed by atoms with Gasteiger partial charge in [0.15, 0.2) is 0 Å². The van der Waals surface area contributed by atoms with E-state index in [0.29, 0.717) is 17.5 Å². The number of nitrogens with one attached hydrogen (secondary N) is 1. The van der Waals surface area contributed by atoms with Crippen LogP contribution in [0.2, 0.25) is 0 Å². The third-order valence-electron chi connectivity index (χ3n) is 2.26. The van der Waals surface area contributed by atoms with Gasteiger partial charge in [-0.25, -0.2) is 0 Å². The van der Waals surface area contributed by atoms with Crippen LogP contribution in [0.1, 0.15) is 27.7 Å². The van der Waals surface area contributed by atoms with Gasteiger partial charge in [-0.1, -0.05) is 52.0 Å². The van der Waals surface area contributed by atoms with Crippen molar-refractivity contribution in [2.75, 3.05) is 0 Å². The van der Waals surface area contributed by atoms with Gasteiger partial charge in [-0.3, -0.25) is 5.41 Å². The quantitative estimate of drug-likeness (QED) is 0.684. The molecule has 1 aliphatic carbocycles. The molecule has 0 aromatic rings. The fraction of sp³-hybridized carbons (Fsp3) is 0.462. The number of hydrogen-bond donors (Lipinski definition) is 1. The Morgan fingerprint density at radius 3 is 2.36 bits per heavy atom. The molecule has 0 saturated carbocycles. The highest BCUT2D eigenvalue weighted by Gasteiger charge is 2.14. The second-order valence-corrected chi connectivity index (χ2v) is 4.38. The van der Waals surface area contributed by atoms with Crippen LogP contribution in [0, 0.1) is 17.2 Å². The molecule has 1 nitrogen and oxygen atoms in total. The Morgan fingerprint density at radius 2 is 1.86 bits per heavy atom. The van der Waals surface area contributed by atoms with Crippen LogP contribution >= 0.6 is 0 Å². The van der Waals surface area contributed by atoms with Gasteiger partial charge in [-0.15, -0.1) is 0 Å². The lowest BCUT2D eigenvalue weighted by Crippen LogP contribution is -2.12. The second-order valence-electron chi connectivity index (χ2n) is 4.38. The summed E-state index contributed by atoms with van der Waals surface area (Å²) < 4.78 is 0. The van der Waals surface area contributed by atoms with Crippen molar-refractivity contribution in [1.82, 2.24) is 0 Å². The van der Waals surface area contributed by atoms with Gasteiger partial charge in [0, 0.05) is 0 Å². The first-order valence-corrected chi connectivity index (χ1v) is 5.21. The van der Waals surface area contributed by atoms with E-state index in [4.69, 9.17) is 5.41 Å². The monoisotopic (exact) mass is 189 g/mol. The molecule has 0 fully saturated rings. The van der Waals surface area contributed by atoms with E-state index in [2.05, 4.69) is 33.8 Å². The average molecular weight is 189 g/mol. The summed E-state index contributed by atoms with van der Waals surface area (Å²) in [4.78, 5) is 0. The predicted octanol–water partition coefficient (Wildman–Crippen LogP) is 3.74. The molecule has 0 atom stereocenters. The van der Waals surface area contributed by atoms with Crippen LogP contribution in [0.15, 0.2) is 35.5 Å². The SMILES string of the molecule is CC(C)C=C1C=CC=C(C(C)C)C1=N. The Kier molecular flexibility index (Phi) is 3.45. The lowest BCUT2D eigenvalue weighted by Gasteiger charge is -2.17. The first kappa shape index (κ1) is 11.0. The summed E-state index contributed by atoms with van der Waals surface area (Å²) in [7, 11) is 0. The number of allylic oxidation sites excluding steroid dienone is 6. The zero-order valence-electron chi connectivity index (χ0n) is 9.46. The minimum Gasteiger partial charge on any atom is -0.300 e. The molecule has 1 rings (SSSR count). The largest absolute Gasteiger partial charge is 0.300 e. The van der Waals surface area contributed by atoms with E-state index < -0.39 is 0 Å². The van der Waals surface area contributed by atoms with Crippen molar-refractivity contribution >= 4 is 5.71 Å². The standard InChI is InChI=1S/C13H19N/c1-9(2)8-11-6-5-7-12(10(3)4)13(11)14/h5-10,14H,1-4H3. The first-order valence-electron chi connectivity index (χ1n) is 5.21. The molecule has 0 amide bonds. The highest BCUT2D eigenvalue weighted by Crippen LogP contribution is 2.21. The molecule has 0 bridgehead atoms. The molecule has 1 aliphatic rings. The zero-order valence-corrected chi connectivity index (χ0v) is 9.46. The minimum atomic E-state index is 0.433. The van der Waals surface area contributed by atoms with Crippen LogP contribution in [0.4, 0.5) is 0 Å². The lowest BCUT2D eigenvalue weighted by atomic mass is 9.88. The van der Waals surface area contributed by atoms with E-state index in [1.54, 1.807) is 0 Å². The summed E-state index contributed by atoms with van der Waals surface area (Å²) in [5.41, 5.74) is 2.89.